The predicted molar refractivity (Wildman–Crippen MR) is 77.5 cm³/mol. The summed E-state index contributed by atoms with van der Waals surface area (Å²) in [5, 5.41) is 9.49. The van der Waals surface area contributed by atoms with E-state index in [1.165, 1.54) is 0 Å². The lowest BCUT2D eigenvalue weighted by atomic mass is 10.1. The first-order chi connectivity index (χ1) is 9.58. The number of hydrogen-bond donors (Lipinski definition) is 1. The Morgan fingerprint density at radius 2 is 2.00 bits per heavy atom. The van der Waals surface area contributed by atoms with E-state index in [1.807, 2.05) is 17.0 Å². The average molecular weight is 277 g/mol. The number of piperazine rings is 1. The molecule has 0 bridgehead atoms. The van der Waals surface area contributed by atoms with Gasteiger partial charge in [0.2, 0.25) is 0 Å². The van der Waals surface area contributed by atoms with Gasteiger partial charge in [0.05, 0.1) is 5.69 Å². The van der Waals surface area contributed by atoms with Crippen molar-refractivity contribution >= 4 is 5.97 Å². The second-order valence-corrected chi connectivity index (χ2v) is 5.73. The Labute approximate surface area is 120 Å². The van der Waals surface area contributed by atoms with Gasteiger partial charge in [0, 0.05) is 38.9 Å². The Morgan fingerprint density at radius 1 is 1.30 bits per heavy atom. The minimum Gasteiger partial charge on any atom is -0.480 e. The van der Waals surface area contributed by atoms with Crippen molar-refractivity contribution in [3.8, 4) is 0 Å². The van der Waals surface area contributed by atoms with Crippen LogP contribution >= 0.6 is 0 Å². The maximum absolute atomic E-state index is 11.6. The first kappa shape index (κ1) is 14.9. The summed E-state index contributed by atoms with van der Waals surface area (Å²) in [5.74, 6) is -0.173. The zero-order chi connectivity index (χ0) is 14.5. The van der Waals surface area contributed by atoms with Crippen molar-refractivity contribution in [3.05, 3.63) is 30.1 Å². The van der Waals surface area contributed by atoms with Gasteiger partial charge >= 0.3 is 5.97 Å². The van der Waals surface area contributed by atoms with Crippen LogP contribution in [0.15, 0.2) is 24.4 Å². The lowest BCUT2D eigenvalue weighted by Gasteiger charge is -2.38. The summed E-state index contributed by atoms with van der Waals surface area (Å²) in [6.07, 6.45) is 1.65. The largest absolute Gasteiger partial charge is 0.480 e. The second-order valence-electron chi connectivity index (χ2n) is 5.73. The third-order valence-corrected chi connectivity index (χ3v) is 3.60. The highest BCUT2D eigenvalue weighted by Crippen LogP contribution is 2.21. The second kappa shape index (κ2) is 6.81. The molecule has 5 heteroatoms. The van der Waals surface area contributed by atoms with Gasteiger partial charge in [0.15, 0.2) is 6.04 Å². The highest BCUT2D eigenvalue weighted by Gasteiger charge is 2.31. The molecule has 5 nitrogen and oxygen atoms in total. The van der Waals surface area contributed by atoms with Crippen LogP contribution in [0, 0.1) is 5.92 Å². The lowest BCUT2D eigenvalue weighted by Crippen LogP contribution is -2.50. The Hall–Kier alpha value is -1.46. The molecule has 1 aliphatic rings. The molecule has 1 aromatic rings. The fourth-order valence-corrected chi connectivity index (χ4v) is 2.73. The molecule has 2 heterocycles. The molecule has 1 N–H and O–H groups in total. The Kier molecular flexibility index (Phi) is 5.09. The Balaban J connectivity index is 2.01. The Morgan fingerprint density at radius 3 is 2.50 bits per heavy atom. The van der Waals surface area contributed by atoms with E-state index < -0.39 is 12.0 Å². The molecule has 1 aromatic heterocycles. The normalized spacial score (nSPS) is 19.1. The molecule has 0 aromatic carbocycles. The Bertz CT molecular complexity index is 428. The summed E-state index contributed by atoms with van der Waals surface area (Å²) >= 11 is 0. The molecular weight excluding hydrogens is 254 g/mol. The summed E-state index contributed by atoms with van der Waals surface area (Å²) in [7, 11) is 0. The molecule has 1 atom stereocenters. The van der Waals surface area contributed by atoms with Crippen LogP contribution in [0.25, 0.3) is 0 Å². The van der Waals surface area contributed by atoms with E-state index in [2.05, 4.69) is 23.7 Å². The van der Waals surface area contributed by atoms with E-state index in [-0.39, 0.29) is 0 Å². The van der Waals surface area contributed by atoms with Crippen molar-refractivity contribution < 1.29 is 9.90 Å². The van der Waals surface area contributed by atoms with Crippen LogP contribution in [0.3, 0.4) is 0 Å². The fourth-order valence-electron chi connectivity index (χ4n) is 2.73. The zero-order valence-electron chi connectivity index (χ0n) is 12.2. The molecule has 20 heavy (non-hydrogen) atoms. The van der Waals surface area contributed by atoms with Crippen LogP contribution in [0.4, 0.5) is 0 Å². The molecule has 1 fully saturated rings. The summed E-state index contributed by atoms with van der Waals surface area (Å²) in [6.45, 7) is 8.90. The number of hydrogen-bond acceptors (Lipinski definition) is 4. The minimum atomic E-state index is -0.819. The van der Waals surface area contributed by atoms with E-state index >= 15 is 0 Å². The van der Waals surface area contributed by atoms with Crippen LogP contribution in [-0.4, -0.2) is 58.6 Å². The maximum Gasteiger partial charge on any atom is 0.327 e. The van der Waals surface area contributed by atoms with Crippen molar-refractivity contribution in [3.63, 3.8) is 0 Å². The molecule has 1 aliphatic heterocycles. The van der Waals surface area contributed by atoms with E-state index in [0.717, 1.165) is 32.7 Å². The molecule has 0 aliphatic carbocycles. The molecule has 0 spiro atoms. The smallest absolute Gasteiger partial charge is 0.327 e. The highest BCUT2D eigenvalue weighted by atomic mass is 16.4. The van der Waals surface area contributed by atoms with Gasteiger partial charge in [-0.15, -0.1) is 0 Å². The van der Waals surface area contributed by atoms with Crippen molar-refractivity contribution in [2.75, 3.05) is 32.7 Å². The average Bonchev–Trinajstić information content (AvgIpc) is 2.41. The summed E-state index contributed by atoms with van der Waals surface area (Å²) in [6, 6.07) is 4.81. The van der Waals surface area contributed by atoms with Gasteiger partial charge < -0.3 is 10.0 Å². The SMILES string of the molecule is CC(C)CN1CCN(C(C(=O)O)c2ccccn2)CC1. The van der Waals surface area contributed by atoms with Gasteiger partial charge in [-0.25, -0.2) is 0 Å². The van der Waals surface area contributed by atoms with Crippen LogP contribution < -0.4 is 0 Å². The van der Waals surface area contributed by atoms with E-state index in [4.69, 9.17) is 0 Å². The number of carbonyl (C=O) groups is 1. The molecule has 2 rings (SSSR count). The summed E-state index contributed by atoms with van der Waals surface area (Å²) < 4.78 is 0. The predicted octanol–water partition coefficient (Wildman–Crippen LogP) is 1.48. The summed E-state index contributed by atoms with van der Waals surface area (Å²) in [4.78, 5) is 20.2. The molecule has 110 valence electrons. The number of carboxylic acid groups (broad SMARTS) is 1. The van der Waals surface area contributed by atoms with Gasteiger partial charge in [-0.3, -0.25) is 14.7 Å². The van der Waals surface area contributed by atoms with Crippen LogP contribution in [-0.2, 0) is 4.79 Å². The molecular formula is C15H23N3O2. The lowest BCUT2D eigenvalue weighted by molar-refractivity contribution is -0.144. The topological polar surface area (TPSA) is 56.7 Å². The van der Waals surface area contributed by atoms with Crippen molar-refractivity contribution in [1.82, 2.24) is 14.8 Å². The minimum absolute atomic E-state index is 0.623. The number of nitrogens with zero attached hydrogens (tertiary/aromatic N) is 3. The highest BCUT2D eigenvalue weighted by molar-refractivity contribution is 5.74. The number of aliphatic carboxylic acids is 1. The summed E-state index contributed by atoms with van der Waals surface area (Å²) in [5.41, 5.74) is 0.623. The molecule has 1 unspecified atom stereocenters. The monoisotopic (exact) mass is 277 g/mol. The fraction of sp³-hybridized carbons (Fsp3) is 0.600. The van der Waals surface area contributed by atoms with Gasteiger partial charge in [-0.2, -0.15) is 0 Å². The number of aromatic nitrogens is 1. The standard InChI is InChI=1S/C15H23N3O2/c1-12(2)11-17-7-9-18(10-8-17)14(15(19)20)13-5-3-4-6-16-13/h3-6,12,14H,7-11H2,1-2H3,(H,19,20). The molecule has 0 radical (unpaired) electrons. The van der Waals surface area contributed by atoms with E-state index in [1.54, 1.807) is 12.3 Å². The number of rotatable bonds is 5. The van der Waals surface area contributed by atoms with Gasteiger partial charge in [0.25, 0.3) is 0 Å². The number of carboxylic acids is 1. The van der Waals surface area contributed by atoms with Crippen molar-refractivity contribution in [2.24, 2.45) is 5.92 Å². The molecule has 1 saturated heterocycles. The van der Waals surface area contributed by atoms with Gasteiger partial charge in [-0.1, -0.05) is 19.9 Å². The van der Waals surface area contributed by atoms with Crippen molar-refractivity contribution in [1.29, 1.82) is 0 Å². The quantitative estimate of drug-likeness (QED) is 0.883. The van der Waals surface area contributed by atoms with E-state index in [0.29, 0.717) is 11.6 Å². The van der Waals surface area contributed by atoms with Gasteiger partial charge in [0.1, 0.15) is 0 Å². The molecule has 0 amide bonds. The zero-order valence-corrected chi connectivity index (χ0v) is 12.2. The van der Waals surface area contributed by atoms with Crippen LogP contribution in [0.1, 0.15) is 25.6 Å². The molecule has 0 saturated carbocycles. The first-order valence-electron chi connectivity index (χ1n) is 7.18. The van der Waals surface area contributed by atoms with Crippen LogP contribution in [0.2, 0.25) is 0 Å². The maximum atomic E-state index is 11.6. The van der Waals surface area contributed by atoms with Gasteiger partial charge in [-0.05, 0) is 18.1 Å². The third kappa shape index (κ3) is 3.77. The number of pyridine rings is 1. The van der Waals surface area contributed by atoms with Crippen LogP contribution in [0.5, 0.6) is 0 Å². The first-order valence-corrected chi connectivity index (χ1v) is 7.18. The van der Waals surface area contributed by atoms with Crippen molar-refractivity contribution in [2.45, 2.75) is 19.9 Å². The third-order valence-electron chi connectivity index (χ3n) is 3.60. The van der Waals surface area contributed by atoms with E-state index in [9.17, 15) is 9.90 Å².